The Bertz CT molecular complexity index is 903. The van der Waals surface area contributed by atoms with Crippen LogP contribution >= 0.6 is 11.8 Å². The highest BCUT2D eigenvalue weighted by atomic mass is 32.2. The van der Waals surface area contributed by atoms with E-state index >= 15 is 0 Å². The van der Waals surface area contributed by atoms with Crippen molar-refractivity contribution in [3.05, 3.63) is 30.6 Å². The van der Waals surface area contributed by atoms with Gasteiger partial charge in [0.15, 0.2) is 5.16 Å². The average Bonchev–Trinajstić information content (AvgIpc) is 3.17. The first-order chi connectivity index (χ1) is 13.0. The predicted octanol–water partition coefficient (Wildman–Crippen LogP) is 1.96. The fraction of sp³-hybridized carbons (Fsp3) is 0.444. The van der Waals surface area contributed by atoms with E-state index in [9.17, 15) is 14.4 Å². The summed E-state index contributed by atoms with van der Waals surface area (Å²) in [5.41, 5.74) is 2.52. The molecule has 0 radical (unpaired) electrons. The number of hydrogen-bond donors (Lipinski definition) is 2. The molecule has 8 nitrogen and oxygen atoms in total. The lowest BCUT2D eigenvalue weighted by atomic mass is 9.77. The molecule has 2 N–H and O–H groups in total. The molecule has 9 heteroatoms. The molecule has 2 aliphatic rings. The van der Waals surface area contributed by atoms with Gasteiger partial charge in [-0.1, -0.05) is 24.8 Å². The van der Waals surface area contributed by atoms with Crippen LogP contribution in [0, 0.1) is 5.92 Å². The van der Waals surface area contributed by atoms with E-state index in [4.69, 9.17) is 0 Å². The highest BCUT2D eigenvalue weighted by molar-refractivity contribution is 7.99. The maximum Gasteiger partial charge on any atom is 0.344 e. The molecule has 4 rings (SSSR count). The van der Waals surface area contributed by atoms with Gasteiger partial charge in [-0.2, -0.15) is 5.01 Å². The van der Waals surface area contributed by atoms with Crippen LogP contribution in [0.15, 0.2) is 35.7 Å². The van der Waals surface area contributed by atoms with E-state index < -0.39 is 17.5 Å². The maximum atomic E-state index is 12.7. The summed E-state index contributed by atoms with van der Waals surface area (Å²) < 4.78 is 1.88. The predicted molar refractivity (Wildman–Crippen MR) is 99.8 cm³/mol. The van der Waals surface area contributed by atoms with Gasteiger partial charge in [0.1, 0.15) is 5.54 Å². The molecule has 1 saturated carbocycles. The standard InChI is InChI=1S/C18H21N5O3S/c1-12-5-7-18(8-6-12)15(25)23(16(26)20-18)21-14(24)11-27-17-19-10-13-4-2-3-9-22(13)17/h2-4,9-10,12H,5-8,11H2,1H3,(H,20,26)(H,21,24). The van der Waals surface area contributed by atoms with Crippen LogP contribution in [-0.2, 0) is 9.59 Å². The van der Waals surface area contributed by atoms with E-state index in [1.807, 2.05) is 28.8 Å². The number of pyridine rings is 1. The third-order valence-electron chi connectivity index (χ3n) is 5.26. The Hall–Kier alpha value is -2.55. The topological polar surface area (TPSA) is 95.8 Å². The van der Waals surface area contributed by atoms with Crippen LogP contribution in [0.5, 0.6) is 0 Å². The SMILES string of the molecule is CC1CCC2(CC1)NC(=O)N(NC(=O)CSc1ncc3ccccn13)C2=O. The van der Waals surface area contributed by atoms with Crippen LogP contribution in [0.1, 0.15) is 32.6 Å². The molecule has 0 aromatic carbocycles. The Morgan fingerprint density at radius 3 is 2.93 bits per heavy atom. The van der Waals surface area contributed by atoms with Gasteiger partial charge >= 0.3 is 6.03 Å². The number of imide groups is 1. The Balaban J connectivity index is 1.38. The molecule has 1 aliphatic heterocycles. The Morgan fingerprint density at radius 1 is 1.37 bits per heavy atom. The maximum absolute atomic E-state index is 12.7. The lowest BCUT2D eigenvalue weighted by Crippen LogP contribution is -2.51. The molecule has 27 heavy (non-hydrogen) atoms. The van der Waals surface area contributed by atoms with Crippen molar-refractivity contribution >= 4 is 35.1 Å². The average molecular weight is 387 g/mol. The summed E-state index contributed by atoms with van der Waals surface area (Å²) in [5, 5.41) is 4.30. The molecule has 142 valence electrons. The Labute approximate surface area is 160 Å². The van der Waals surface area contributed by atoms with Gasteiger partial charge in [0.2, 0.25) is 5.91 Å². The van der Waals surface area contributed by atoms with Gasteiger partial charge < -0.3 is 5.32 Å². The van der Waals surface area contributed by atoms with Crippen LogP contribution in [0.25, 0.3) is 5.52 Å². The van der Waals surface area contributed by atoms with Gasteiger partial charge in [-0.05, 0) is 43.7 Å². The number of carbonyl (C=O) groups is 3. The van der Waals surface area contributed by atoms with Crippen molar-refractivity contribution in [3.8, 4) is 0 Å². The fourth-order valence-electron chi connectivity index (χ4n) is 3.63. The second-order valence-electron chi connectivity index (χ2n) is 7.20. The van der Waals surface area contributed by atoms with Gasteiger partial charge in [0.25, 0.3) is 5.91 Å². The van der Waals surface area contributed by atoms with Crippen molar-refractivity contribution in [2.24, 2.45) is 5.92 Å². The molecule has 4 amide bonds. The van der Waals surface area contributed by atoms with Crippen molar-refractivity contribution in [2.75, 3.05) is 5.75 Å². The highest BCUT2D eigenvalue weighted by Crippen LogP contribution is 2.35. The monoisotopic (exact) mass is 387 g/mol. The lowest BCUT2D eigenvalue weighted by molar-refractivity contribution is -0.139. The molecule has 0 unspecified atom stereocenters. The molecular formula is C18H21N5O3S. The first kappa shape index (κ1) is 17.8. The number of aromatic nitrogens is 2. The Morgan fingerprint density at radius 2 is 2.15 bits per heavy atom. The molecule has 2 fully saturated rings. The lowest BCUT2D eigenvalue weighted by Gasteiger charge is -2.33. The molecule has 0 bridgehead atoms. The molecule has 1 aliphatic carbocycles. The number of fused-ring (bicyclic) bond motifs is 1. The molecule has 1 spiro atoms. The second-order valence-corrected chi connectivity index (χ2v) is 8.14. The number of hydrogen-bond acceptors (Lipinski definition) is 5. The fourth-order valence-corrected chi connectivity index (χ4v) is 4.39. The minimum atomic E-state index is -0.858. The van der Waals surface area contributed by atoms with E-state index in [1.54, 1.807) is 6.20 Å². The van der Waals surface area contributed by atoms with Crippen molar-refractivity contribution in [2.45, 2.75) is 43.3 Å². The van der Waals surface area contributed by atoms with Gasteiger partial charge in [0.05, 0.1) is 17.5 Å². The quantitative estimate of drug-likeness (QED) is 0.618. The summed E-state index contributed by atoms with van der Waals surface area (Å²) in [7, 11) is 0. The zero-order valence-corrected chi connectivity index (χ0v) is 15.8. The minimum Gasteiger partial charge on any atom is -0.322 e. The molecule has 0 atom stereocenters. The Kier molecular flexibility index (Phi) is 4.55. The van der Waals surface area contributed by atoms with Gasteiger partial charge in [-0.25, -0.2) is 9.78 Å². The van der Waals surface area contributed by atoms with Crippen LogP contribution in [0.4, 0.5) is 4.79 Å². The molecule has 2 aromatic rings. The zero-order valence-electron chi connectivity index (χ0n) is 15.0. The van der Waals surface area contributed by atoms with E-state index in [2.05, 4.69) is 22.7 Å². The summed E-state index contributed by atoms with van der Waals surface area (Å²) in [6.07, 6.45) is 6.59. The second kappa shape index (κ2) is 6.88. The first-order valence-electron chi connectivity index (χ1n) is 9.00. The number of nitrogens with one attached hydrogen (secondary N) is 2. The van der Waals surface area contributed by atoms with Crippen molar-refractivity contribution in [1.82, 2.24) is 25.1 Å². The van der Waals surface area contributed by atoms with Crippen molar-refractivity contribution < 1.29 is 14.4 Å². The summed E-state index contributed by atoms with van der Waals surface area (Å²) in [6.45, 7) is 2.14. The number of nitrogens with zero attached hydrogens (tertiary/aromatic N) is 3. The zero-order chi connectivity index (χ0) is 19.0. The third kappa shape index (κ3) is 3.27. The number of amides is 4. The van der Waals surface area contributed by atoms with Crippen molar-refractivity contribution in [1.29, 1.82) is 0 Å². The smallest absolute Gasteiger partial charge is 0.322 e. The van der Waals surface area contributed by atoms with Crippen LogP contribution in [-0.4, -0.2) is 43.5 Å². The van der Waals surface area contributed by atoms with Crippen LogP contribution < -0.4 is 10.7 Å². The van der Waals surface area contributed by atoms with E-state index in [0.717, 1.165) is 23.4 Å². The summed E-state index contributed by atoms with van der Waals surface area (Å²) >= 11 is 1.25. The summed E-state index contributed by atoms with van der Waals surface area (Å²) in [5.74, 6) is -0.180. The van der Waals surface area contributed by atoms with Crippen LogP contribution in [0.2, 0.25) is 0 Å². The van der Waals surface area contributed by atoms with Crippen LogP contribution in [0.3, 0.4) is 0 Å². The molecule has 1 saturated heterocycles. The van der Waals surface area contributed by atoms with E-state index in [1.165, 1.54) is 11.8 Å². The number of rotatable bonds is 4. The van der Waals surface area contributed by atoms with E-state index in [0.29, 0.717) is 23.9 Å². The van der Waals surface area contributed by atoms with Crippen molar-refractivity contribution in [3.63, 3.8) is 0 Å². The highest BCUT2D eigenvalue weighted by Gasteiger charge is 2.52. The number of carbonyl (C=O) groups excluding carboxylic acids is 3. The minimum absolute atomic E-state index is 0.0507. The third-order valence-corrected chi connectivity index (χ3v) is 6.23. The summed E-state index contributed by atoms with van der Waals surface area (Å²) in [6, 6.07) is 5.17. The number of imidazole rings is 1. The first-order valence-corrected chi connectivity index (χ1v) is 9.98. The number of thioether (sulfide) groups is 1. The molecule has 3 heterocycles. The largest absolute Gasteiger partial charge is 0.344 e. The van der Waals surface area contributed by atoms with Gasteiger partial charge in [-0.3, -0.25) is 19.4 Å². The molecule has 2 aromatic heterocycles. The van der Waals surface area contributed by atoms with Gasteiger partial charge in [0, 0.05) is 6.20 Å². The normalized spacial score (nSPS) is 25.2. The number of hydrazine groups is 1. The molecular weight excluding hydrogens is 366 g/mol. The number of urea groups is 1. The van der Waals surface area contributed by atoms with Gasteiger partial charge in [-0.15, -0.1) is 0 Å². The van der Waals surface area contributed by atoms with E-state index in [-0.39, 0.29) is 11.7 Å². The summed E-state index contributed by atoms with van der Waals surface area (Å²) in [4.78, 5) is 41.6.